The van der Waals surface area contributed by atoms with Crippen LogP contribution in [0.2, 0.25) is 0 Å². The lowest BCUT2D eigenvalue weighted by Gasteiger charge is -2.46. The maximum absolute atomic E-state index is 2.75. The summed E-state index contributed by atoms with van der Waals surface area (Å²) in [6.07, 6.45) is 8.60. The number of fused-ring (bicyclic) bond motifs is 1. The van der Waals surface area contributed by atoms with Crippen LogP contribution in [0.5, 0.6) is 0 Å². The van der Waals surface area contributed by atoms with Gasteiger partial charge in [0.05, 0.1) is 0 Å². The van der Waals surface area contributed by atoms with E-state index in [1.807, 2.05) is 0 Å². The molecule has 0 aromatic rings. The predicted octanol–water partition coefficient (Wildman–Crippen LogP) is 1.64. The Morgan fingerprint density at radius 1 is 0.889 bits per heavy atom. The first-order valence-electron chi connectivity index (χ1n) is 7.99. The average molecular weight is 251 g/mol. The van der Waals surface area contributed by atoms with Crippen molar-refractivity contribution in [2.24, 2.45) is 0 Å². The largest absolute Gasteiger partial charge is 0.302 e. The first-order chi connectivity index (χ1) is 8.83. The van der Waals surface area contributed by atoms with Crippen LogP contribution in [0.15, 0.2) is 0 Å². The maximum atomic E-state index is 2.75. The van der Waals surface area contributed by atoms with Crippen LogP contribution in [0.3, 0.4) is 0 Å². The van der Waals surface area contributed by atoms with Crippen LogP contribution in [0.1, 0.15) is 38.5 Å². The van der Waals surface area contributed by atoms with Crippen molar-refractivity contribution in [1.29, 1.82) is 0 Å². The third-order valence-electron chi connectivity index (χ3n) is 5.31. The van der Waals surface area contributed by atoms with Gasteiger partial charge in [0.2, 0.25) is 0 Å². The molecule has 0 aromatic carbocycles. The summed E-state index contributed by atoms with van der Waals surface area (Å²) in [5.74, 6) is 0. The molecule has 0 bridgehead atoms. The lowest BCUT2D eigenvalue weighted by Crippen LogP contribution is -2.57. The van der Waals surface area contributed by atoms with E-state index in [0.29, 0.717) is 0 Å². The van der Waals surface area contributed by atoms with Gasteiger partial charge < -0.3 is 4.90 Å². The molecule has 3 aliphatic rings. The Morgan fingerprint density at radius 2 is 1.72 bits per heavy atom. The molecule has 0 amide bonds. The molecule has 0 spiro atoms. The highest BCUT2D eigenvalue weighted by Gasteiger charge is 2.30. The van der Waals surface area contributed by atoms with Crippen molar-refractivity contribution in [1.82, 2.24) is 14.7 Å². The third-order valence-corrected chi connectivity index (χ3v) is 5.31. The summed E-state index contributed by atoms with van der Waals surface area (Å²) < 4.78 is 0. The van der Waals surface area contributed by atoms with E-state index in [0.717, 1.165) is 12.1 Å². The first kappa shape index (κ1) is 12.9. The minimum absolute atomic E-state index is 0.828. The zero-order chi connectivity index (χ0) is 12.4. The number of likely N-dealkylation sites (tertiary alicyclic amines) is 1. The molecular formula is C15H29N3. The van der Waals surface area contributed by atoms with Crippen LogP contribution < -0.4 is 0 Å². The fourth-order valence-electron chi connectivity index (χ4n) is 4.06. The van der Waals surface area contributed by atoms with Crippen LogP contribution in [0, 0.1) is 0 Å². The van der Waals surface area contributed by atoms with E-state index in [1.54, 1.807) is 0 Å². The number of hydrogen-bond acceptors (Lipinski definition) is 3. The summed E-state index contributed by atoms with van der Waals surface area (Å²) in [5, 5.41) is 0. The van der Waals surface area contributed by atoms with E-state index in [4.69, 9.17) is 0 Å². The Kier molecular flexibility index (Phi) is 4.22. The molecule has 3 aliphatic heterocycles. The highest BCUT2D eigenvalue weighted by molar-refractivity contribution is 4.87. The summed E-state index contributed by atoms with van der Waals surface area (Å²) in [4.78, 5) is 8.08. The molecule has 0 aromatic heterocycles. The predicted molar refractivity (Wildman–Crippen MR) is 75.9 cm³/mol. The molecule has 3 heteroatoms. The second-order valence-electron chi connectivity index (χ2n) is 6.58. The Labute approximate surface area is 112 Å². The molecule has 3 rings (SSSR count). The molecule has 3 nitrogen and oxygen atoms in total. The van der Waals surface area contributed by atoms with Gasteiger partial charge in [-0.05, 0) is 45.8 Å². The van der Waals surface area contributed by atoms with Gasteiger partial charge in [0.25, 0.3) is 0 Å². The monoisotopic (exact) mass is 251 g/mol. The van der Waals surface area contributed by atoms with Gasteiger partial charge in [0.1, 0.15) is 0 Å². The van der Waals surface area contributed by atoms with Crippen molar-refractivity contribution >= 4 is 0 Å². The molecule has 3 saturated heterocycles. The molecule has 0 N–H and O–H groups in total. The van der Waals surface area contributed by atoms with E-state index >= 15 is 0 Å². The standard InChI is InChI=1S/C15H29N3/c1-16-8-4-2-6-14(16)12-17-10-11-18-9-5-3-7-15(18)13-17/h14-15H,2-13H2,1H3. The number of likely N-dealkylation sites (N-methyl/N-ethyl adjacent to an activating group) is 1. The summed E-state index contributed by atoms with van der Waals surface area (Å²) in [6, 6.07) is 1.70. The number of hydrogen-bond donors (Lipinski definition) is 0. The molecule has 3 fully saturated rings. The second kappa shape index (κ2) is 5.89. The van der Waals surface area contributed by atoms with Crippen LogP contribution in [0.25, 0.3) is 0 Å². The maximum Gasteiger partial charge on any atom is 0.0223 e. The minimum atomic E-state index is 0.828. The van der Waals surface area contributed by atoms with E-state index in [1.165, 1.54) is 77.8 Å². The summed E-state index contributed by atoms with van der Waals surface area (Å²) in [6.45, 7) is 7.96. The highest BCUT2D eigenvalue weighted by Crippen LogP contribution is 2.23. The van der Waals surface area contributed by atoms with E-state index < -0.39 is 0 Å². The molecule has 0 radical (unpaired) electrons. The van der Waals surface area contributed by atoms with Gasteiger partial charge >= 0.3 is 0 Å². The van der Waals surface area contributed by atoms with E-state index in [-0.39, 0.29) is 0 Å². The average Bonchev–Trinajstić information content (AvgIpc) is 2.41. The minimum Gasteiger partial charge on any atom is -0.302 e. The van der Waals surface area contributed by atoms with E-state index in [2.05, 4.69) is 21.7 Å². The third kappa shape index (κ3) is 2.89. The number of piperazine rings is 1. The molecule has 2 unspecified atom stereocenters. The molecular weight excluding hydrogens is 222 g/mol. The van der Waals surface area contributed by atoms with Gasteiger partial charge in [-0.3, -0.25) is 9.80 Å². The lowest BCUT2D eigenvalue weighted by molar-refractivity contribution is 0.0303. The van der Waals surface area contributed by atoms with Gasteiger partial charge in [-0.2, -0.15) is 0 Å². The van der Waals surface area contributed by atoms with Crippen molar-refractivity contribution in [3.8, 4) is 0 Å². The molecule has 104 valence electrons. The van der Waals surface area contributed by atoms with Gasteiger partial charge in [0.15, 0.2) is 0 Å². The van der Waals surface area contributed by atoms with E-state index in [9.17, 15) is 0 Å². The number of rotatable bonds is 2. The lowest BCUT2D eigenvalue weighted by atomic mass is 9.98. The zero-order valence-corrected chi connectivity index (χ0v) is 12.0. The number of piperidine rings is 2. The van der Waals surface area contributed by atoms with Crippen LogP contribution >= 0.6 is 0 Å². The van der Waals surface area contributed by atoms with Crippen molar-refractivity contribution in [2.45, 2.75) is 50.6 Å². The van der Waals surface area contributed by atoms with Crippen molar-refractivity contribution in [3.63, 3.8) is 0 Å². The summed E-state index contributed by atoms with van der Waals surface area (Å²) in [7, 11) is 2.32. The molecule has 2 atom stereocenters. The van der Waals surface area contributed by atoms with Gasteiger partial charge in [-0.1, -0.05) is 12.8 Å². The SMILES string of the molecule is CN1CCCCC1CN1CCN2CCCCC2C1. The quantitative estimate of drug-likeness (QED) is 0.739. The fraction of sp³-hybridized carbons (Fsp3) is 1.00. The van der Waals surface area contributed by atoms with Gasteiger partial charge in [0, 0.05) is 38.3 Å². The molecule has 0 aliphatic carbocycles. The molecule has 18 heavy (non-hydrogen) atoms. The van der Waals surface area contributed by atoms with Crippen molar-refractivity contribution in [3.05, 3.63) is 0 Å². The van der Waals surface area contributed by atoms with Crippen molar-refractivity contribution < 1.29 is 0 Å². The topological polar surface area (TPSA) is 9.72 Å². The van der Waals surface area contributed by atoms with Crippen LogP contribution in [-0.2, 0) is 0 Å². The fourth-order valence-corrected chi connectivity index (χ4v) is 4.06. The zero-order valence-electron chi connectivity index (χ0n) is 12.0. The van der Waals surface area contributed by atoms with Gasteiger partial charge in [-0.15, -0.1) is 0 Å². The molecule has 3 heterocycles. The summed E-state index contributed by atoms with van der Waals surface area (Å²) >= 11 is 0. The highest BCUT2D eigenvalue weighted by atomic mass is 15.3. The molecule has 0 saturated carbocycles. The smallest absolute Gasteiger partial charge is 0.0223 e. The van der Waals surface area contributed by atoms with Gasteiger partial charge in [-0.25, -0.2) is 0 Å². The Morgan fingerprint density at radius 3 is 2.61 bits per heavy atom. The van der Waals surface area contributed by atoms with Crippen LogP contribution in [0.4, 0.5) is 0 Å². The Balaban J connectivity index is 1.51. The second-order valence-corrected chi connectivity index (χ2v) is 6.58. The Bertz CT molecular complexity index is 268. The normalized spacial score (nSPS) is 36.5. The van der Waals surface area contributed by atoms with Crippen LogP contribution in [-0.4, -0.2) is 73.1 Å². The number of nitrogens with zero attached hydrogens (tertiary/aromatic N) is 3. The summed E-state index contributed by atoms with van der Waals surface area (Å²) in [5.41, 5.74) is 0. The van der Waals surface area contributed by atoms with Crippen molar-refractivity contribution in [2.75, 3.05) is 46.3 Å². The first-order valence-corrected chi connectivity index (χ1v) is 7.99. The Hall–Kier alpha value is -0.120.